The molecule has 0 amide bonds. The molecular formula is C23H20F2N4O. The van der Waals surface area contributed by atoms with Crippen molar-refractivity contribution in [2.24, 2.45) is 4.99 Å². The molecule has 1 aliphatic rings. The van der Waals surface area contributed by atoms with Gasteiger partial charge in [0.05, 0.1) is 18.2 Å². The Bertz CT molecular complexity index is 1100. The number of Topliss-reactive ketones (excluding diaryl/α,β-unsaturated/α-hetero) is 1. The first-order chi connectivity index (χ1) is 14.5. The molecule has 4 heterocycles. The Morgan fingerprint density at radius 3 is 2.73 bits per heavy atom. The molecule has 0 saturated carbocycles. The maximum Gasteiger partial charge on any atom is 0.245 e. The van der Waals surface area contributed by atoms with Gasteiger partial charge in [0.15, 0.2) is 0 Å². The summed E-state index contributed by atoms with van der Waals surface area (Å²) in [7, 11) is 0. The summed E-state index contributed by atoms with van der Waals surface area (Å²) in [5.74, 6) is -1.44. The summed E-state index contributed by atoms with van der Waals surface area (Å²) in [5, 5.41) is 0. The van der Waals surface area contributed by atoms with E-state index in [1.807, 2.05) is 25.1 Å². The molecule has 152 valence electrons. The lowest BCUT2D eigenvalue weighted by atomic mass is 9.93. The van der Waals surface area contributed by atoms with Gasteiger partial charge in [-0.25, -0.2) is 8.78 Å². The molecule has 0 N–H and O–H groups in total. The van der Waals surface area contributed by atoms with Crippen LogP contribution in [0.4, 0.5) is 8.78 Å². The maximum atomic E-state index is 13.5. The monoisotopic (exact) mass is 406 g/mol. The van der Waals surface area contributed by atoms with Crippen molar-refractivity contribution in [3.05, 3.63) is 88.8 Å². The second-order valence-corrected chi connectivity index (χ2v) is 7.33. The van der Waals surface area contributed by atoms with E-state index in [0.29, 0.717) is 17.8 Å². The third kappa shape index (κ3) is 4.30. The molecule has 5 nitrogen and oxygen atoms in total. The number of halogens is 2. The fraction of sp³-hybridized carbons (Fsp3) is 0.261. The van der Waals surface area contributed by atoms with Crippen LogP contribution in [0.2, 0.25) is 0 Å². The summed E-state index contributed by atoms with van der Waals surface area (Å²) in [6.07, 6.45) is 3.49. The molecule has 3 aromatic rings. The molecule has 0 fully saturated rings. The van der Waals surface area contributed by atoms with Gasteiger partial charge < -0.3 is 0 Å². The number of hydrogen-bond donors (Lipinski definition) is 0. The summed E-state index contributed by atoms with van der Waals surface area (Å²) in [4.78, 5) is 29.6. The van der Waals surface area contributed by atoms with E-state index in [2.05, 4.69) is 19.9 Å². The lowest BCUT2D eigenvalue weighted by Crippen LogP contribution is -2.16. The summed E-state index contributed by atoms with van der Waals surface area (Å²) < 4.78 is 27.0. The van der Waals surface area contributed by atoms with Gasteiger partial charge in [0.25, 0.3) is 0 Å². The van der Waals surface area contributed by atoms with Crippen LogP contribution in [0.1, 0.15) is 46.0 Å². The Hall–Kier alpha value is -3.35. The number of carbonyl (C=O) groups excluding carboxylic acids is 1. The number of aromatic nitrogens is 3. The number of alkyl halides is 2. The van der Waals surface area contributed by atoms with Crippen molar-refractivity contribution >= 4 is 11.5 Å². The second-order valence-electron chi connectivity index (χ2n) is 7.33. The molecule has 1 aliphatic heterocycles. The lowest BCUT2D eigenvalue weighted by Gasteiger charge is -2.15. The highest BCUT2D eigenvalue weighted by Gasteiger charge is 2.26. The summed E-state index contributed by atoms with van der Waals surface area (Å²) in [6, 6.07) is 8.89. The number of carbonyl (C=O) groups is 1. The van der Waals surface area contributed by atoms with Crippen LogP contribution in [-0.2, 0) is 17.8 Å². The van der Waals surface area contributed by atoms with E-state index in [1.54, 1.807) is 24.5 Å². The number of nitrogens with zero attached hydrogens (tertiary/aromatic N) is 4. The Kier molecular flexibility index (Phi) is 5.70. The smallest absolute Gasteiger partial charge is 0.245 e. The van der Waals surface area contributed by atoms with Gasteiger partial charge in [0.1, 0.15) is 5.78 Å². The molecule has 30 heavy (non-hydrogen) atoms. The van der Waals surface area contributed by atoms with Crippen LogP contribution < -0.4 is 0 Å². The van der Waals surface area contributed by atoms with Crippen molar-refractivity contribution in [3.8, 4) is 0 Å². The summed E-state index contributed by atoms with van der Waals surface area (Å²) in [5.41, 5.74) is 5.58. The van der Waals surface area contributed by atoms with Gasteiger partial charge >= 0.3 is 0 Å². The molecule has 0 bridgehead atoms. The van der Waals surface area contributed by atoms with E-state index in [9.17, 15) is 13.6 Å². The minimum atomic E-state index is -2.63. The topological polar surface area (TPSA) is 68.1 Å². The van der Waals surface area contributed by atoms with E-state index in [-0.39, 0.29) is 18.6 Å². The average Bonchev–Trinajstić information content (AvgIpc) is 3.16. The zero-order chi connectivity index (χ0) is 21.1. The fourth-order valence-electron chi connectivity index (χ4n) is 3.64. The van der Waals surface area contributed by atoms with Crippen LogP contribution in [0, 0.1) is 6.92 Å². The fourth-order valence-corrected chi connectivity index (χ4v) is 3.64. The lowest BCUT2D eigenvalue weighted by molar-refractivity contribution is -0.119. The van der Waals surface area contributed by atoms with Gasteiger partial charge in [-0.3, -0.25) is 24.7 Å². The molecule has 3 aromatic heterocycles. The number of ketones is 1. The molecule has 7 heteroatoms. The molecule has 0 spiro atoms. The number of pyridine rings is 3. The molecule has 1 atom stereocenters. The first-order valence-corrected chi connectivity index (χ1v) is 9.66. The minimum absolute atomic E-state index is 0.0143. The molecular weight excluding hydrogens is 386 g/mol. The summed E-state index contributed by atoms with van der Waals surface area (Å²) in [6.45, 7) is 2.43. The van der Waals surface area contributed by atoms with E-state index in [0.717, 1.165) is 28.1 Å². The highest BCUT2D eigenvalue weighted by atomic mass is 19.3. The minimum Gasteiger partial charge on any atom is -0.299 e. The van der Waals surface area contributed by atoms with Crippen LogP contribution in [0.25, 0.3) is 0 Å². The number of hydrogen-bond acceptors (Lipinski definition) is 5. The van der Waals surface area contributed by atoms with Crippen LogP contribution in [0.15, 0.2) is 60.1 Å². The quantitative estimate of drug-likeness (QED) is 0.593. The normalized spacial score (nSPS) is 13.8. The van der Waals surface area contributed by atoms with Crippen molar-refractivity contribution in [2.75, 3.05) is 0 Å². The van der Waals surface area contributed by atoms with Crippen LogP contribution >= 0.6 is 0 Å². The first kappa shape index (κ1) is 19.9. The van der Waals surface area contributed by atoms with Crippen molar-refractivity contribution in [1.82, 2.24) is 15.0 Å². The highest BCUT2D eigenvalue weighted by Crippen LogP contribution is 2.28. The van der Waals surface area contributed by atoms with Crippen LogP contribution in [0.5, 0.6) is 0 Å². The third-order valence-corrected chi connectivity index (χ3v) is 5.12. The number of aryl methyl sites for hydroxylation is 1. The zero-order valence-electron chi connectivity index (χ0n) is 16.4. The average molecular weight is 406 g/mol. The van der Waals surface area contributed by atoms with Crippen molar-refractivity contribution in [1.29, 1.82) is 0 Å². The van der Waals surface area contributed by atoms with E-state index in [1.165, 1.54) is 12.4 Å². The first-order valence-electron chi connectivity index (χ1n) is 9.66. The predicted molar refractivity (Wildman–Crippen MR) is 109 cm³/mol. The largest absolute Gasteiger partial charge is 0.299 e. The number of aliphatic imine (C=N–C) groups is 1. The zero-order valence-corrected chi connectivity index (χ0v) is 16.4. The van der Waals surface area contributed by atoms with Crippen LogP contribution in [-0.4, -0.2) is 32.9 Å². The SMILES string of the molecule is Cc1cc(C2=NCc3cc(CC(=O)CC(c4cccnc4)C(F)F)ncc32)ccn1. The number of fused-ring (bicyclic) bond motifs is 1. The van der Waals surface area contributed by atoms with Gasteiger partial charge in [0.2, 0.25) is 6.43 Å². The standard InChI is InChI=1S/C23H20F2N4O/c1-14-7-15(4-6-27-14)22-21-13-28-18(8-17(21)12-29-22)9-19(30)10-20(23(24)25)16-3-2-5-26-11-16/h2-8,11,13,20,23H,9-10,12H2,1H3. The second kappa shape index (κ2) is 8.57. The molecule has 0 radical (unpaired) electrons. The van der Waals surface area contributed by atoms with E-state index < -0.39 is 12.3 Å². The molecule has 0 aliphatic carbocycles. The molecule has 0 aromatic carbocycles. The van der Waals surface area contributed by atoms with Crippen molar-refractivity contribution < 1.29 is 13.6 Å². The molecule has 1 unspecified atom stereocenters. The number of rotatable bonds is 7. The Labute approximate surface area is 173 Å². The third-order valence-electron chi connectivity index (χ3n) is 5.12. The molecule has 0 saturated heterocycles. The van der Waals surface area contributed by atoms with Crippen molar-refractivity contribution in [2.45, 2.75) is 38.7 Å². The summed E-state index contributed by atoms with van der Waals surface area (Å²) >= 11 is 0. The molecule has 4 rings (SSSR count). The van der Waals surface area contributed by atoms with Gasteiger partial charge in [-0.05, 0) is 42.3 Å². The Morgan fingerprint density at radius 2 is 2.00 bits per heavy atom. The highest BCUT2D eigenvalue weighted by molar-refractivity contribution is 6.15. The van der Waals surface area contributed by atoms with E-state index >= 15 is 0 Å². The van der Waals surface area contributed by atoms with Gasteiger partial charge in [-0.1, -0.05) is 6.07 Å². The van der Waals surface area contributed by atoms with Crippen LogP contribution in [0.3, 0.4) is 0 Å². The maximum absolute atomic E-state index is 13.5. The predicted octanol–water partition coefficient (Wildman–Crippen LogP) is 4.08. The van der Waals surface area contributed by atoms with Gasteiger partial charge in [-0.2, -0.15) is 0 Å². The Balaban J connectivity index is 1.47. The van der Waals surface area contributed by atoms with E-state index in [4.69, 9.17) is 0 Å². The van der Waals surface area contributed by atoms with Gasteiger partial charge in [0, 0.05) is 60.1 Å². The van der Waals surface area contributed by atoms with Gasteiger partial charge in [-0.15, -0.1) is 0 Å². The Morgan fingerprint density at radius 1 is 1.13 bits per heavy atom. The van der Waals surface area contributed by atoms with Crippen molar-refractivity contribution in [3.63, 3.8) is 0 Å².